The van der Waals surface area contributed by atoms with Crippen molar-refractivity contribution in [2.24, 2.45) is 5.11 Å². The third-order valence-corrected chi connectivity index (χ3v) is 2.85. The summed E-state index contributed by atoms with van der Waals surface area (Å²) in [6, 6.07) is 9.80. The maximum Gasteiger partial charge on any atom is 0.0963 e. The van der Waals surface area contributed by atoms with Crippen molar-refractivity contribution in [2.75, 3.05) is 0 Å². The van der Waals surface area contributed by atoms with E-state index in [1.54, 1.807) is 0 Å². The number of hydrogen-bond donors (Lipinski definition) is 2. The molecule has 0 bridgehead atoms. The van der Waals surface area contributed by atoms with Crippen LogP contribution in [-0.4, -0.2) is 5.11 Å². The highest BCUT2D eigenvalue weighted by Gasteiger charge is 2.10. The van der Waals surface area contributed by atoms with Crippen molar-refractivity contribution in [3.05, 3.63) is 41.5 Å². The molecule has 0 atom stereocenters. The molecule has 0 fully saturated rings. The number of fused-ring (bicyclic) bond motifs is 1. The van der Waals surface area contributed by atoms with Gasteiger partial charge in [0.25, 0.3) is 0 Å². The van der Waals surface area contributed by atoms with E-state index in [0.29, 0.717) is 5.69 Å². The van der Waals surface area contributed by atoms with Gasteiger partial charge in [-0.3, -0.25) is 0 Å². The topological polar surface area (TPSA) is 56.4 Å². The molecule has 2 aromatic carbocycles. The Morgan fingerprint density at radius 1 is 1.31 bits per heavy atom. The van der Waals surface area contributed by atoms with E-state index in [4.69, 9.17) is 5.53 Å². The van der Waals surface area contributed by atoms with Gasteiger partial charge in [0, 0.05) is 5.39 Å². The molecule has 16 heavy (non-hydrogen) atoms. The molecule has 0 aliphatic rings. The summed E-state index contributed by atoms with van der Waals surface area (Å²) in [4.78, 5) is 0. The Bertz CT molecular complexity index is 535. The Balaban J connectivity index is 2.87. The molecule has 3 heteroatoms. The molecule has 0 amide bonds. The lowest BCUT2D eigenvalue weighted by Gasteiger charge is -2.11. The summed E-state index contributed by atoms with van der Waals surface area (Å²) in [5, 5.41) is 14.9. The zero-order valence-corrected chi connectivity index (χ0v) is 9.20. The van der Waals surface area contributed by atoms with Gasteiger partial charge in [0.05, 0.1) is 12.3 Å². The molecule has 0 aliphatic carbocycles. The summed E-state index contributed by atoms with van der Waals surface area (Å²) >= 11 is 0. The fourth-order valence-electron chi connectivity index (χ4n) is 2.09. The Labute approximate surface area is 94.2 Å². The van der Waals surface area contributed by atoms with Gasteiger partial charge in [-0.25, -0.2) is 5.53 Å². The van der Waals surface area contributed by atoms with Gasteiger partial charge in [0.1, 0.15) is 0 Å². The molecule has 2 N–H and O–H groups in total. The molecule has 0 spiro atoms. The first-order valence-electron chi connectivity index (χ1n) is 5.33. The van der Waals surface area contributed by atoms with Crippen molar-refractivity contribution in [1.29, 1.82) is 5.53 Å². The third kappa shape index (κ3) is 1.59. The van der Waals surface area contributed by atoms with Gasteiger partial charge in [-0.2, -0.15) is 5.11 Å². The lowest BCUT2D eigenvalue weighted by molar-refractivity contribution is 0.281. The molecule has 0 heterocycles. The molecule has 0 saturated carbocycles. The van der Waals surface area contributed by atoms with Gasteiger partial charge in [-0.1, -0.05) is 31.2 Å². The van der Waals surface area contributed by atoms with Gasteiger partial charge < -0.3 is 5.11 Å². The van der Waals surface area contributed by atoms with E-state index in [1.165, 1.54) is 0 Å². The van der Waals surface area contributed by atoms with Gasteiger partial charge in [0.15, 0.2) is 0 Å². The SMILES string of the molecule is CCc1c(CO)cc2ccccc2c1N=N. The van der Waals surface area contributed by atoms with Gasteiger partial charge in [-0.15, -0.1) is 0 Å². The molecule has 82 valence electrons. The highest BCUT2D eigenvalue weighted by atomic mass is 16.3. The van der Waals surface area contributed by atoms with Crippen LogP contribution < -0.4 is 0 Å². The highest BCUT2D eigenvalue weighted by Crippen LogP contribution is 2.33. The molecule has 0 saturated heterocycles. The van der Waals surface area contributed by atoms with Gasteiger partial charge in [0.2, 0.25) is 0 Å². The quantitative estimate of drug-likeness (QED) is 0.754. The predicted octanol–water partition coefficient (Wildman–Crippen LogP) is 3.56. The fraction of sp³-hybridized carbons (Fsp3) is 0.231. The van der Waals surface area contributed by atoms with Gasteiger partial charge >= 0.3 is 0 Å². The molecular weight excluding hydrogens is 200 g/mol. The highest BCUT2D eigenvalue weighted by molar-refractivity contribution is 5.94. The summed E-state index contributed by atoms with van der Waals surface area (Å²) < 4.78 is 0. The molecule has 0 radical (unpaired) electrons. The molecular formula is C13H14N2O. The lowest BCUT2D eigenvalue weighted by atomic mass is 9.97. The van der Waals surface area contributed by atoms with Gasteiger partial charge in [-0.05, 0) is 29.0 Å². The number of rotatable bonds is 3. The van der Waals surface area contributed by atoms with Crippen molar-refractivity contribution >= 4 is 16.5 Å². The van der Waals surface area contributed by atoms with Crippen LogP contribution in [0.1, 0.15) is 18.1 Å². The van der Waals surface area contributed by atoms with Crippen LogP contribution in [0.25, 0.3) is 10.8 Å². The number of benzene rings is 2. The molecule has 3 nitrogen and oxygen atoms in total. The van der Waals surface area contributed by atoms with Crippen LogP contribution in [0, 0.1) is 5.53 Å². The minimum absolute atomic E-state index is 0.00344. The molecule has 2 rings (SSSR count). The van der Waals surface area contributed by atoms with Crippen molar-refractivity contribution in [1.82, 2.24) is 0 Å². The van der Waals surface area contributed by atoms with Crippen LogP contribution >= 0.6 is 0 Å². The van der Waals surface area contributed by atoms with E-state index in [2.05, 4.69) is 5.11 Å². The van der Waals surface area contributed by atoms with Crippen LogP contribution in [0.4, 0.5) is 5.69 Å². The number of aliphatic hydroxyl groups excluding tert-OH is 1. The molecule has 0 aliphatic heterocycles. The zero-order chi connectivity index (χ0) is 11.5. The van der Waals surface area contributed by atoms with Crippen molar-refractivity contribution in [3.8, 4) is 0 Å². The van der Waals surface area contributed by atoms with Crippen molar-refractivity contribution < 1.29 is 5.11 Å². The summed E-state index contributed by atoms with van der Waals surface area (Å²) in [5.74, 6) is 0. The smallest absolute Gasteiger partial charge is 0.0963 e. The van der Waals surface area contributed by atoms with Crippen LogP contribution in [0.3, 0.4) is 0 Å². The number of nitrogens with one attached hydrogen (secondary N) is 1. The molecule has 2 aromatic rings. The second kappa shape index (κ2) is 4.41. The van der Waals surface area contributed by atoms with E-state index in [1.807, 2.05) is 37.3 Å². The maximum atomic E-state index is 9.33. The van der Waals surface area contributed by atoms with Crippen molar-refractivity contribution in [2.45, 2.75) is 20.0 Å². The second-order valence-electron chi connectivity index (χ2n) is 3.71. The minimum Gasteiger partial charge on any atom is -0.392 e. The first-order chi connectivity index (χ1) is 7.81. The van der Waals surface area contributed by atoms with Crippen LogP contribution in [0.15, 0.2) is 35.4 Å². The van der Waals surface area contributed by atoms with E-state index in [0.717, 1.165) is 28.3 Å². The monoisotopic (exact) mass is 214 g/mol. The summed E-state index contributed by atoms with van der Waals surface area (Å²) in [6.07, 6.45) is 0.776. The summed E-state index contributed by atoms with van der Waals surface area (Å²) in [6.45, 7) is 2.01. The third-order valence-electron chi connectivity index (χ3n) is 2.85. The summed E-state index contributed by atoms with van der Waals surface area (Å²) in [7, 11) is 0. The zero-order valence-electron chi connectivity index (χ0n) is 9.20. The number of hydrogen-bond acceptors (Lipinski definition) is 3. The first-order valence-corrected chi connectivity index (χ1v) is 5.33. The average Bonchev–Trinajstić information content (AvgIpc) is 2.36. The second-order valence-corrected chi connectivity index (χ2v) is 3.71. The first kappa shape index (κ1) is 10.8. The van der Waals surface area contributed by atoms with Crippen LogP contribution in [0.2, 0.25) is 0 Å². The standard InChI is InChI=1S/C13H14N2O/c1-2-11-10(8-16)7-9-5-3-4-6-12(9)13(11)15-14/h3-7,14,16H,2,8H2,1H3. The Morgan fingerprint density at radius 2 is 2.06 bits per heavy atom. The van der Waals surface area contributed by atoms with Crippen LogP contribution in [-0.2, 0) is 13.0 Å². The number of nitrogens with zero attached hydrogens (tertiary/aromatic N) is 1. The van der Waals surface area contributed by atoms with Crippen molar-refractivity contribution in [3.63, 3.8) is 0 Å². The Hall–Kier alpha value is -1.74. The largest absolute Gasteiger partial charge is 0.392 e. The lowest BCUT2D eigenvalue weighted by Crippen LogP contribution is -1.94. The summed E-state index contributed by atoms with van der Waals surface area (Å²) in [5.41, 5.74) is 9.81. The molecule has 0 aromatic heterocycles. The number of aliphatic hydroxyl groups is 1. The van der Waals surface area contributed by atoms with Crippen LogP contribution in [0.5, 0.6) is 0 Å². The fourth-order valence-corrected chi connectivity index (χ4v) is 2.09. The molecule has 0 unspecified atom stereocenters. The van der Waals surface area contributed by atoms with E-state index >= 15 is 0 Å². The predicted molar refractivity (Wildman–Crippen MR) is 64.1 cm³/mol. The van der Waals surface area contributed by atoms with E-state index in [-0.39, 0.29) is 6.61 Å². The van der Waals surface area contributed by atoms with E-state index < -0.39 is 0 Å². The minimum atomic E-state index is -0.00344. The maximum absolute atomic E-state index is 9.33. The average molecular weight is 214 g/mol. The Morgan fingerprint density at radius 3 is 2.69 bits per heavy atom. The van der Waals surface area contributed by atoms with E-state index in [9.17, 15) is 5.11 Å². The Kier molecular flexibility index (Phi) is 2.97. The normalized spacial score (nSPS) is 10.6.